The topological polar surface area (TPSA) is 55.8 Å². The molecule has 0 bridgehead atoms. The number of carbonyl (C=O) groups is 1. The van der Waals surface area contributed by atoms with Gasteiger partial charge >= 0.3 is 5.97 Å². The van der Waals surface area contributed by atoms with E-state index in [4.69, 9.17) is 14.6 Å². The Hall–Kier alpha value is -0.980. The van der Waals surface area contributed by atoms with Gasteiger partial charge in [0.25, 0.3) is 0 Å². The van der Waals surface area contributed by atoms with E-state index in [0.29, 0.717) is 11.5 Å². The van der Waals surface area contributed by atoms with Crippen LogP contribution in [-0.4, -0.2) is 24.8 Å². The lowest BCUT2D eigenvalue weighted by atomic mass is 10.3. The van der Waals surface area contributed by atoms with E-state index < -0.39 is 5.97 Å². The average molecular weight is 308 g/mol. The van der Waals surface area contributed by atoms with E-state index >= 15 is 0 Å². The second kappa shape index (κ2) is 5.04. The van der Waals surface area contributed by atoms with E-state index in [-0.39, 0.29) is 6.61 Å². The zero-order valence-electron chi connectivity index (χ0n) is 7.49. The third-order valence-corrected chi connectivity index (χ3v) is 2.15. The first-order valence-corrected chi connectivity index (χ1v) is 4.89. The van der Waals surface area contributed by atoms with Crippen LogP contribution in [0.4, 0.5) is 0 Å². The van der Waals surface area contributed by atoms with Crippen LogP contribution in [0.15, 0.2) is 18.2 Å². The van der Waals surface area contributed by atoms with Crippen molar-refractivity contribution >= 4 is 28.6 Å². The Bertz CT molecular complexity index is 338. The third-order valence-electron chi connectivity index (χ3n) is 1.48. The lowest BCUT2D eigenvalue weighted by Gasteiger charge is -2.08. The first kappa shape index (κ1) is 11.1. The molecule has 0 amide bonds. The van der Waals surface area contributed by atoms with Crippen LogP contribution in [0.5, 0.6) is 11.5 Å². The van der Waals surface area contributed by atoms with Crippen LogP contribution in [0.25, 0.3) is 0 Å². The lowest BCUT2D eigenvalue weighted by molar-refractivity contribution is -0.139. The maximum Gasteiger partial charge on any atom is 0.341 e. The molecule has 14 heavy (non-hydrogen) atoms. The molecule has 1 aromatic rings. The number of carboxylic acid groups (broad SMARTS) is 1. The highest BCUT2D eigenvalue weighted by atomic mass is 127. The zero-order valence-corrected chi connectivity index (χ0v) is 9.65. The molecule has 0 unspecified atom stereocenters. The van der Waals surface area contributed by atoms with Gasteiger partial charge in [-0.25, -0.2) is 4.79 Å². The first-order valence-electron chi connectivity index (χ1n) is 3.81. The molecule has 0 aromatic heterocycles. The Morgan fingerprint density at radius 1 is 1.50 bits per heavy atom. The molecule has 0 aliphatic carbocycles. The molecular formula is C9H9IO4. The van der Waals surface area contributed by atoms with Crippen molar-refractivity contribution in [3.63, 3.8) is 0 Å². The molecule has 0 heterocycles. The summed E-state index contributed by atoms with van der Waals surface area (Å²) in [5.41, 5.74) is 0. The Morgan fingerprint density at radius 3 is 2.79 bits per heavy atom. The fourth-order valence-electron chi connectivity index (χ4n) is 0.903. The van der Waals surface area contributed by atoms with Crippen molar-refractivity contribution in [3.8, 4) is 11.5 Å². The normalized spacial score (nSPS) is 9.57. The number of carboxylic acids is 1. The van der Waals surface area contributed by atoms with E-state index in [1.165, 1.54) is 7.11 Å². The minimum absolute atomic E-state index is 0.365. The van der Waals surface area contributed by atoms with Gasteiger partial charge in [0.15, 0.2) is 18.1 Å². The highest BCUT2D eigenvalue weighted by molar-refractivity contribution is 14.1. The summed E-state index contributed by atoms with van der Waals surface area (Å²) in [7, 11) is 1.51. The molecule has 5 heteroatoms. The highest BCUT2D eigenvalue weighted by Gasteiger charge is 2.06. The van der Waals surface area contributed by atoms with Gasteiger partial charge in [-0.05, 0) is 40.8 Å². The van der Waals surface area contributed by atoms with Crippen LogP contribution in [0.2, 0.25) is 0 Å². The summed E-state index contributed by atoms with van der Waals surface area (Å²) in [6.07, 6.45) is 0. The van der Waals surface area contributed by atoms with Gasteiger partial charge in [0.2, 0.25) is 0 Å². The summed E-state index contributed by atoms with van der Waals surface area (Å²) >= 11 is 2.11. The molecule has 0 atom stereocenters. The fraction of sp³-hybridized carbons (Fsp3) is 0.222. The summed E-state index contributed by atoms with van der Waals surface area (Å²) in [6, 6.07) is 5.31. The molecular weight excluding hydrogens is 299 g/mol. The number of halogens is 1. The predicted molar refractivity (Wildman–Crippen MR) is 58.8 cm³/mol. The van der Waals surface area contributed by atoms with Crippen molar-refractivity contribution in [2.45, 2.75) is 0 Å². The van der Waals surface area contributed by atoms with Crippen LogP contribution in [-0.2, 0) is 4.79 Å². The molecule has 0 spiro atoms. The van der Waals surface area contributed by atoms with E-state index in [1.807, 2.05) is 6.07 Å². The number of aliphatic carboxylic acids is 1. The smallest absolute Gasteiger partial charge is 0.341 e. The highest BCUT2D eigenvalue weighted by Crippen LogP contribution is 2.28. The molecule has 1 N–H and O–H groups in total. The van der Waals surface area contributed by atoms with Gasteiger partial charge in [-0.2, -0.15) is 0 Å². The minimum atomic E-state index is -1.01. The summed E-state index contributed by atoms with van der Waals surface area (Å²) in [4.78, 5) is 10.3. The molecule has 0 aliphatic heterocycles. The molecule has 0 saturated carbocycles. The van der Waals surface area contributed by atoms with Crippen molar-refractivity contribution in [2.75, 3.05) is 13.7 Å². The number of hydrogen-bond donors (Lipinski definition) is 1. The van der Waals surface area contributed by atoms with Gasteiger partial charge in [0.1, 0.15) is 0 Å². The van der Waals surface area contributed by atoms with E-state index in [0.717, 1.165) is 3.57 Å². The van der Waals surface area contributed by atoms with Crippen molar-refractivity contribution in [1.29, 1.82) is 0 Å². The Labute approximate surface area is 95.0 Å². The monoisotopic (exact) mass is 308 g/mol. The van der Waals surface area contributed by atoms with Gasteiger partial charge in [0, 0.05) is 3.57 Å². The number of benzene rings is 1. The SMILES string of the molecule is COc1ccc(I)cc1OCC(=O)O. The van der Waals surface area contributed by atoms with E-state index in [9.17, 15) is 4.79 Å². The van der Waals surface area contributed by atoms with Crippen molar-refractivity contribution in [3.05, 3.63) is 21.8 Å². The Morgan fingerprint density at radius 2 is 2.21 bits per heavy atom. The zero-order chi connectivity index (χ0) is 10.6. The maximum absolute atomic E-state index is 10.3. The van der Waals surface area contributed by atoms with E-state index in [1.54, 1.807) is 12.1 Å². The average Bonchev–Trinajstić information content (AvgIpc) is 2.15. The van der Waals surface area contributed by atoms with Crippen LogP contribution in [0, 0.1) is 3.57 Å². The molecule has 0 saturated heterocycles. The van der Waals surface area contributed by atoms with Crippen LogP contribution < -0.4 is 9.47 Å². The maximum atomic E-state index is 10.3. The number of rotatable bonds is 4. The second-order valence-corrected chi connectivity index (χ2v) is 3.72. The van der Waals surface area contributed by atoms with Crippen molar-refractivity contribution in [2.24, 2.45) is 0 Å². The van der Waals surface area contributed by atoms with Gasteiger partial charge in [-0.3, -0.25) is 0 Å². The van der Waals surface area contributed by atoms with Crippen molar-refractivity contribution in [1.82, 2.24) is 0 Å². The first-order chi connectivity index (χ1) is 6.63. The molecule has 1 aromatic carbocycles. The summed E-state index contributed by atoms with van der Waals surface area (Å²) in [5, 5.41) is 8.44. The molecule has 0 radical (unpaired) electrons. The van der Waals surface area contributed by atoms with E-state index in [2.05, 4.69) is 22.6 Å². The van der Waals surface area contributed by atoms with Gasteiger partial charge < -0.3 is 14.6 Å². The van der Waals surface area contributed by atoms with Crippen LogP contribution in [0.1, 0.15) is 0 Å². The third kappa shape index (κ3) is 3.06. The van der Waals surface area contributed by atoms with Crippen LogP contribution in [0.3, 0.4) is 0 Å². The molecule has 4 nitrogen and oxygen atoms in total. The number of methoxy groups -OCH3 is 1. The quantitative estimate of drug-likeness (QED) is 0.861. The van der Waals surface area contributed by atoms with Gasteiger partial charge in [0.05, 0.1) is 7.11 Å². The van der Waals surface area contributed by atoms with Crippen molar-refractivity contribution < 1.29 is 19.4 Å². The summed E-state index contributed by atoms with van der Waals surface area (Å²) in [6.45, 7) is -0.365. The van der Waals surface area contributed by atoms with Crippen LogP contribution >= 0.6 is 22.6 Å². The minimum Gasteiger partial charge on any atom is -0.493 e. The molecule has 0 aliphatic rings. The van der Waals surface area contributed by atoms with Gasteiger partial charge in [-0.15, -0.1) is 0 Å². The fourth-order valence-corrected chi connectivity index (χ4v) is 1.37. The lowest BCUT2D eigenvalue weighted by Crippen LogP contribution is -2.10. The number of hydrogen-bond acceptors (Lipinski definition) is 3. The standard InChI is InChI=1S/C9H9IO4/c1-13-7-3-2-6(10)4-8(7)14-5-9(11)12/h2-4H,5H2,1H3,(H,11,12). The second-order valence-electron chi connectivity index (χ2n) is 2.48. The Balaban J connectivity index is 2.82. The summed E-state index contributed by atoms with van der Waals surface area (Å²) < 4.78 is 11.0. The molecule has 0 fully saturated rings. The largest absolute Gasteiger partial charge is 0.493 e. The molecule has 1 rings (SSSR count). The molecule has 76 valence electrons. The summed E-state index contributed by atoms with van der Waals surface area (Å²) in [5.74, 6) is -0.0284. The number of ether oxygens (including phenoxy) is 2. The van der Waals surface area contributed by atoms with Gasteiger partial charge in [-0.1, -0.05) is 0 Å². The predicted octanol–water partition coefficient (Wildman–Crippen LogP) is 1.76. The Kier molecular flexibility index (Phi) is 3.99.